The normalized spacial score (nSPS) is 24.6. The largest absolute Gasteiger partial charge is 0.392 e. The molecule has 1 aromatic carbocycles. The molecule has 0 saturated heterocycles. The number of aliphatic hydroxyl groups excluding tert-OH is 1. The smallest absolute Gasteiger partial charge is 0.0964 e. The first-order valence-electron chi connectivity index (χ1n) is 7.31. The summed E-state index contributed by atoms with van der Waals surface area (Å²) in [6.07, 6.45) is 4.85. The SMILES string of the molecule is CC1=CC(C)CC(C(O)Cc2nc3ccccc3s2)C1. The van der Waals surface area contributed by atoms with Crippen LogP contribution in [0.5, 0.6) is 0 Å². The number of para-hydroxylation sites is 1. The van der Waals surface area contributed by atoms with Gasteiger partial charge >= 0.3 is 0 Å². The van der Waals surface area contributed by atoms with Crippen molar-refractivity contribution in [3.05, 3.63) is 40.9 Å². The minimum Gasteiger partial charge on any atom is -0.392 e. The molecule has 3 unspecified atom stereocenters. The van der Waals surface area contributed by atoms with E-state index >= 15 is 0 Å². The van der Waals surface area contributed by atoms with Gasteiger partial charge in [-0.15, -0.1) is 11.3 Å². The number of allylic oxidation sites excluding steroid dienone is 2. The van der Waals surface area contributed by atoms with E-state index in [0.717, 1.165) is 23.4 Å². The van der Waals surface area contributed by atoms with E-state index in [-0.39, 0.29) is 6.10 Å². The molecule has 20 heavy (non-hydrogen) atoms. The predicted octanol–water partition coefficient (Wildman–Crippen LogP) is 4.19. The summed E-state index contributed by atoms with van der Waals surface area (Å²) in [5.41, 5.74) is 2.46. The fourth-order valence-corrected chi connectivity index (χ4v) is 4.26. The number of thiazole rings is 1. The van der Waals surface area contributed by atoms with E-state index in [9.17, 15) is 5.11 Å². The van der Waals surface area contributed by atoms with E-state index in [1.165, 1.54) is 10.3 Å². The number of aromatic nitrogens is 1. The Kier molecular flexibility index (Phi) is 3.90. The van der Waals surface area contributed by atoms with Crippen molar-refractivity contribution in [3.63, 3.8) is 0 Å². The van der Waals surface area contributed by atoms with Gasteiger partial charge in [0.25, 0.3) is 0 Å². The third-order valence-electron chi connectivity index (χ3n) is 4.09. The van der Waals surface area contributed by atoms with Crippen LogP contribution < -0.4 is 0 Å². The number of aliphatic hydroxyl groups is 1. The Morgan fingerprint density at radius 1 is 1.40 bits per heavy atom. The molecule has 1 heterocycles. The highest BCUT2D eigenvalue weighted by molar-refractivity contribution is 7.18. The highest BCUT2D eigenvalue weighted by Crippen LogP contribution is 2.32. The van der Waals surface area contributed by atoms with E-state index < -0.39 is 0 Å². The highest BCUT2D eigenvalue weighted by atomic mass is 32.1. The van der Waals surface area contributed by atoms with Gasteiger partial charge in [-0.05, 0) is 43.7 Å². The third-order valence-corrected chi connectivity index (χ3v) is 5.15. The highest BCUT2D eigenvalue weighted by Gasteiger charge is 2.25. The van der Waals surface area contributed by atoms with E-state index in [4.69, 9.17) is 0 Å². The van der Waals surface area contributed by atoms with Gasteiger partial charge < -0.3 is 5.11 Å². The molecule has 2 nitrogen and oxygen atoms in total. The monoisotopic (exact) mass is 287 g/mol. The van der Waals surface area contributed by atoms with E-state index in [1.807, 2.05) is 18.2 Å². The predicted molar refractivity (Wildman–Crippen MR) is 85.0 cm³/mol. The molecule has 1 aliphatic carbocycles. The molecule has 2 aromatic rings. The lowest BCUT2D eigenvalue weighted by Crippen LogP contribution is -2.27. The van der Waals surface area contributed by atoms with Crippen molar-refractivity contribution in [1.82, 2.24) is 4.98 Å². The third kappa shape index (κ3) is 2.94. The zero-order chi connectivity index (χ0) is 14.1. The number of benzene rings is 1. The average molecular weight is 287 g/mol. The summed E-state index contributed by atoms with van der Waals surface area (Å²) in [5, 5.41) is 11.6. The summed E-state index contributed by atoms with van der Waals surface area (Å²) >= 11 is 1.71. The fourth-order valence-electron chi connectivity index (χ4n) is 3.24. The quantitative estimate of drug-likeness (QED) is 0.859. The first-order valence-corrected chi connectivity index (χ1v) is 8.13. The van der Waals surface area contributed by atoms with Gasteiger partial charge in [-0.2, -0.15) is 0 Å². The molecule has 1 aliphatic rings. The van der Waals surface area contributed by atoms with Crippen molar-refractivity contribution < 1.29 is 5.11 Å². The molecule has 0 amide bonds. The maximum Gasteiger partial charge on any atom is 0.0964 e. The molecular weight excluding hydrogens is 266 g/mol. The summed E-state index contributed by atoms with van der Waals surface area (Å²) in [6, 6.07) is 8.19. The summed E-state index contributed by atoms with van der Waals surface area (Å²) < 4.78 is 1.21. The minimum atomic E-state index is -0.276. The van der Waals surface area contributed by atoms with Gasteiger partial charge in [0.05, 0.1) is 21.3 Å². The van der Waals surface area contributed by atoms with Crippen LogP contribution in [0, 0.1) is 11.8 Å². The molecule has 0 aliphatic heterocycles. The Morgan fingerprint density at radius 3 is 2.95 bits per heavy atom. The molecule has 0 radical (unpaired) electrons. The van der Waals surface area contributed by atoms with E-state index in [1.54, 1.807) is 11.3 Å². The zero-order valence-electron chi connectivity index (χ0n) is 12.0. The Balaban J connectivity index is 1.72. The topological polar surface area (TPSA) is 33.1 Å². The van der Waals surface area contributed by atoms with Gasteiger partial charge in [0.15, 0.2) is 0 Å². The molecule has 0 spiro atoms. The molecule has 3 atom stereocenters. The van der Waals surface area contributed by atoms with Crippen LogP contribution in [0.3, 0.4) is 0 Å². The first-order chi connectivity index (χ1) is 9.61. The first kappa shape index (κ1) is 13.8. The van der Waals surface area contributed by atoms with Crippen LogP contribution in [0.15, 0.2) is 35.9 Å². The van der Waals surface area contributed by atoms with Crippen LogP contribution in [-0.4, -0.2) is 16.2 Å². The Bertz CT molecular complexity index is 598. The summed E-state index contributed by atoms with van der Waals surface area (Å²) in [5.74, 6) is 0.959. The van der Waals surface area contributed by atoms with E-state index in [0.29, 0.717) is 18.3 Å². The van der Waals surface area contributed by atoms with Gasteiger partial charge in [-0.1, -0.05) is 30.7 Å². The molecule has 1 N–H and O–H groups in total. The summed E-state index contributed by atoms with van der Waals surface area (Å²) in [4.78, 5) is 4.63. The Labute approximate surface area is 124 Å². The second-order valence-corrected chi connectivity index (χ2v) is 7.15. The van der Waals surface area contributed by atoms with Crippen molar-refractivity contribution in [2.75, 3.05) is 0 Å². The summed E-state index contributed by atoms with van der Waals surface area (Å²) in [6.45, 7) is 4.41. The van der Waals surface area contributed by atoms with Gasteiger partial charge in [0.2, 0.25) is 0 Å². The lowest BCUT2D eigenvalue weighted by Gasteiger charge is -2.29. The van der Waals surface area contributed by atoms with Gasteiger partial charge in [-0.3, -0.25) is 0 Å². The standard InChI is InChI=1S/C17H21NOS/c1-11-7-12(2)9-13(8-11)15(19)10-17-18-14-5-3-4-6-16(14)20-17/h3-7,11,13,15,19H,8-10H2,1-2H3. The second kappa shape index (κ2) is 5.66. The van der Waals surface area contributed by atoms with Crippen molar-refractivity contribution in [2.24, 2.45) is 11.8 Å². The van der Waals surface area contributed by atoms with Gasteiger partial charge in [-0.25, -0.2) is 4.98 Å². The fraction of sp³-hybridized carbons (Fsp3) is 0.471. The van der Waals surface area contributed by atoms with Crippen molar-refractivity contribution in [1.29, 1.82) is 0 Å². The number of nitrogens with zero attached hydrogens (tertiary/aromatic N) is 1. The lowest BCUT2D eigenvalue weighted by molar-refractivity contribution is 0.0932. The van der Waals surface area contributed by atoms with Crippen LogP contribution >= 0.6 is 11.3 Å². The number of fused-ring (bicyclic) bond motifs is 1. The molecule has 106 valence electrons. The second-order valence-electron chi connectivity index (χ2n) is 6.04. The van der Waals surface area contributed by atoms with Crippen LogP contribution in [0.2, 0.25) is 0 Å². The molecule has 1 aromatic heterocycles. The zero-order valence-corrected chi connectivity index (χ0v) is 12.9. The Morgan fingerprint density at radius 2 is 2.20 bits per heavy atom. The molecule has 0 bridgehead atoms. The molecule has 3 heteroatoms. The number of hydrogen-bond donors (Lipinski definition) is 1. The minimum absolute atomic E-state index is 0.276. The number of hydrogen-bond acceptors (Lipinski definition) is 3. The molecular formula is C17H21NOS. The van der Waals surface area contributed by atoms with Crippen LogP contribution in [0.4, 0.5) is 0 Å². The van der Waals surface area contributed by atoms with Crippen LogP contribution in [0.25, 0.3) is 10.2 Å². The number of rotatable bonds is 3. The maximum atomic E-state index is 10.5. The van der Waals surface area contributed by atoms with Crippen molar-refractivity contribution >= 4 is 21.6 Å². The van der Waals surface area contributed by atoms with Gasteiger partial charge in [0, 0.05) is 6.42 Å². The molecule has 0 saturated carbocycles. The van der Waals surface area contributed by atoms with Crippen LogP contribution in [-0.2, 0) is 6.42 Å². The maximum absolute atomic E-state index is 10.5. The van der Waals surface area contributed by atoms with Crippen LogP contribution in [0.1, 0.15) is 31.7 Å². The van der Waals surface area contributed by atoms with E-state index in [2.05, 4.69) is 31.0 Å². The summed E-state index contributed by atoms with van der Waals surface area (Å²) in [7, 11) is 0. The molecule has 0 fully saturated rings. The molecule has 3 rings (SSSR count). The van der Waals surface area contributed by atoms with Crippen molar-refractivity contribution in [2.45, 2.75) is 39.2 Å². The lowest BCUT2D eigenvalue weighted by atomic mass is 9.80. The Hall–Kier alpha value is -1.19. The van der Waals surface area contributed by atoms with Crippen molar-refractivity contribution in [3.8, 4) is 0 Å². The average Bonchev–Trinajstić information content (AvgIpc) is 2.79. The van der Waals surface area contributed by atoms with Gasteiger partial charge in [0.1, 0.15) is 0 Å².